The van der Waals surface area contributed by atoms with Gasteiger partial charge >= 0.3 is 0 Å². The van der Waals surface area contributed by atoms with E-state index in [4.69, 9.17) is 0 Å². The molecule has 136 valence electrons. The molecule has 2 atom stereocenters. The maximum Gasteiger partial charge on any atom is 0.241 e. The van der Waals surface area contributed by atoms with Gasteiger partial charge in [0.25, 0.3) is 0 Å². The zero-order valence-corrected chi connectivity index (χ0v) is 15.1. The highest BCUT2D eigenvalue weighted by Crippen LogP contribution is 2.42. The highest BCUT2D eigenvalue weighted by molar-refractivity contribution is 5.88. The van der Waals surface area contributed by atoms with Crippen LogP contribution in [0.5, 0.6) is 0 Å². The number of carbonyl (C=O) groups excluding carboxylic acids is 1. The molecule has 1 saturated carbocycles. The van der Waals surface area contributed by atoms with Crippen LogP contribution in [0.4, 0.5) is 0 Å². The van der Waals surface area contributed by atoms with E-state index < -0.39 is 5.60 Å². The van der Waals surface area contributed by atoms with Crippen LogP contribution in [-0.2, 0) is 10.4 Å². The molecule has 2 aliphatic heterocycles. The SMILES string of the molecule is CN1CNC(=O)C12CCN(C1CCCCC1(O)c1ccccc1)CC2. The quantitative estimate of drug-likeness (QED) is 0.858. The zero-order valence-electron chi connectivity index (χ0n) is 15.1. The van der Waals surface area contributed by atoms with Gasteiger partial charge in [-0.05, 0) is 38.3 Å². The minimum atomic E-state index is -0.770. The number of carbonyl (C=O) groups is 1. The number of hydrogen-bond donors (Lipinski definition) is 2. The zero-order chi connectivity index (χ0) is 17.5. The van der Waals surface area contributed by atoms with Crippen LogP contribution in [0.1, 0.15) is 44.1 Å². The van der Waals surface area contributed by atoms with Crippen molar-refractivity contribution in [3.8, 4) is 0 Å². The van der Waals surface area contributed by atoms with Gasteiger partial charge in [0.1, 0.15) is 11.1 Å². The summed E-state index contributed by atoms with van der Waals surface area (Å²) in [7, 11) is 2.04. The van der Waals surface area contributed by atoms with E-state index >= 15 is 0 Å². The van der Waals surface area contributed by atoms with Gasteiger partial charge < -0.3 is 10.4 Å². The molecule has 1 spiro atoms. The molecule has 2 unspecified atom stereocenters. The Labute approximate surface area is 150 Å². The number of amides is 1. The molecule has 5 heteroatoms. The number of nitrogens with zero attached hydrogens (tertiary/aromatic N) is 2. The summed E-state index contributed by atoms with van der Waals surface area (Å²) in [5, 5.41) is 14.6. The van der Waals surface area contributed by atoms with Crippen LogP contribution >= 0.6 is 0 Å². The van der Waals surface area contributed by atoms with E-state index in [-0.39, 0.29) is 17.5 Å². The van der Waals surface area contributed by atoms with Crippen molar-refractivity contribution in [2.24, 2.45) is 0 Å². The van der Waals surface area contributed by atoms with Gasteiger partial charge in [0, 0.05) is 19.1 Å². The first-order valence-electron chi connectivity index (χ1n) is 9.58. The molecule has 5 nitrogen and oxygen atoms in total. The largest absolute Gasteiger partial charge is 0.384 e. The van der Waals surface area contributed by atoms with Crippen LogP contribution in [0, 0.1) is 0 Å². The van der Waals surface area contributed by atoms with Gasteiger partial charge in [0.05, 0.1) is 6.67 Å². The summed E-state index contributed by atoms with van der Waals surface area (Å²) in [6.45, 7) is 2.39. The molecular weight excluding hydrogens is 314 g/mol. The number of benzene rings is 1. The van der Waals surface area contributed by atoms with E-state index in [0.717, 1.165) is 50.8 Å². The first-order chi connectivity index (χ1) is 12.1. The Bertz CT molecular complexity index is 627. The second-order valence-corrected chi connectivity index (χ2v) is 7.98. The minimum absolute atomic E-state index is 0.149. The molecule has 3 fully saturated rings. The van der Waals surface area contributed by atoms with Crippen molar-refractivity contribution in [2.45, 2.75) is 55.7 Å². The molecule has 1 aromatic carbocycles. The molecule has 4 rings (SSSR count). The van der Waals surface area contributed by atoms with E-state index in [9.17, 15) is 9.90 Å². The first-order valence-corrected chi connectivity index (χ1v) is 9.58. The number of likely N-dealkylation sites (tertiary alicyclic amines) is 1. The van der Waals surface area contributed by atoms with Crippen LogP contribution in [0.2, 0.25) is 0 Å². The van der Waals surface area contributed by atoms with Gasteiger partial charge in [0.2, 0.25) is 5.91 Å². The fraction of sp³-hybridized carbons (Fsp3) is 0.650. The normalized spacial score (nSPS) is 33.5. The van der Waals surface area contributed by atoms with Crippen molar-refractivity contribution in [3.63, 3.8) is 0 Å². The Morgan fingerprint density at radius 2 is 1.84 bits per heavy atom. The Kier molecular flexibility index (Phi) is 4.34. The van der Waals surface area contributed by atoms with Crippen LogP contribution < -0.4 is 5.32 Å². The Morgan fingerprint density at radius 3 is 2.48 bits per heavy atom. The average molecular weight is 343 g/mol. The minimum Gasteiger partial charge on any atom is -0.384 e. The van der Waals surface area contributed by atoms with Crippen LogP contribution in [0.25, 0.3) is 0 Å². The molecule has 0 aromatic heterocycles. The molecule has 1 aromatic rings. The topological polar surface area (TPSA) is 55.8 Å². The van der Waals surface area contributed by atoms with Crippen LogP contribution in [0.15, 0.2) is 30.3 Å². The van der Waals surface area contributed by atoms with Gasteiger partial charge in [0.15, 0.2) is 0 Å². The van der Waals surface area contributed by atoms with Gasteiger partial charge in [-0.2, -0.15) is 0 Å². The first kappa shape index (κ1) is 17.0. The molecule has 1 aliphatic carbocycles. The lowest BCUT2D eigenvalue weighted by atomic mass is 9.73. The number of nitrogens with one attached hydrogen (secondary N) is 1. The number of piperidine rings is 1. The van der Waals surface area contributed by atoms with Gasteiger partial charge in [-0.3, -0.25) is 14.6 Å². The molecule has 3 aliphatic rings. The van der Waals surface area contributed by atoms with Crippen LogP contribution in [-0.4, -0.2) is 59.2 Å². The van der Waals surface area contributed by atoms with Crippen molar-refractivity contribution in [3.05, 3.63) is 35.9 Å². The molecular formula is C20H29N3O2. The lowest BCUT2D eigenvalue weighted by molar-refractivity contribution is -0.131. The van der Waals surface area contributed by atoms with Crippen molar-refractivity contribution < 1.29 is 9.90 Å². The van der Waals surface area contributed by atoms with E-state index in [1.807, 2.05) is 25.2 Å². The van der Waals surface area contributed by atoms with E-state index in [1.54, 1.807) is 0 Å². The third kappa shape index (κ3) is 2.69. The molecule has 2 saturated heterocycles. The second-order valence-electron chi connectivity index (χ2n) is 7.98. The molecule has 2 N–H and O–H groups in total. The number of rotatable bonds is 2. The highest BCUT2D eigenvalue weighted by atomic mass is 16.3. The monoisotopic (exact) mass is 343 g/mol. The van der Waals surface area contributed by atoms with Crippen molar-refractivity contribution in [2.75, 3.05) is 26.8 Å². The molecule has 0 bridgehead atoms. The number of likely N-dealkylation sites (N-methyl/N-ethyl adjacent to an activating group) is 1. The molecule has 1 amide bonds. The predicted octanol–water partition coefficient (Wildman–Crippen LogP) is 1.67. The van der Waals surface area contributed by atoms with Crippen LogP contribution in [0.3, 0.4) is 0 Å². The van der Waals surface area contributed by atoms with Crippen molar-refractivity contribution >= 4 is 5.91 Å². The smallest absolute Gasteiger partial charge is 0.241 e. The molecule has 0 radical (unpaired) electrons. The maximum atomic E-state index is 12.4. The van der Waals surface area contributed by atoms with Crippen molar-refractivity contribution in [1.82, 2.24) is 15.1 Å². The number of hydrogen-bond acceptors (Lipinski definition) is 4. The fourth-order valence-electron chi connectivity index (χ4n) is 5.18. The summed E-state index contributed by atoms with van der Waals surface area (Å²) in [6.07, 6.45) is 5.78. The van der Waals surface area contributed by atoms with Gasteiger partial charge in [-0.25, -0.2) is 0 Å². The van der Waals surface area contributed by atoms with Gasteiger partial charge in [-0.1, -0.05) is 43.2 Å². The van der Waals surface area contributed by atoms with Gasteiger partial charge in [-0.15, -0.1) is 0 Å². The summed E-state index contributed by atoms with van der Waals surface area (Å²) in [6, 6.07) is 10.3. The lowest BCUT2D eigenvalue weighted by Gasteiger charge is -2.50. The van der Waals surface area contributed by atoms with E-state index in [2.05, 4.69) is 27.2 Å². The summed E-state index contributed by atoms with van der Waals surface area (Å²) in [4.78, 5) is 17.0. The molecule has 2 heterocycles. The highest BCUT2D eigenvalue weighted by Gasteiger charge is 2.51. The Balaban J connectivity index is 1.54. The predicted molar refractivity (Wildman–Crippen MR) is 96.9 cm³/mol. The number of aliphatic hydroxyl groups is 1. The van der Waals surface area contributed by atoms with E-state index in [1.165, 1.54) is 6.42 Å². The molecule has 25 heavy (non-hydrogen) atoms. The summed E-state index contributed by atoms with van der Waals surface area (Å²) >= 11 is 0. The summed E-state index contributed by atoms with van der Waals surface area (Å²) in [5.41, 5.74) is -0.0696. The third-order valence-electron chi connectivity index (χ3n) is 6.81. The van der Waals surface area contributed by atoms with Crippen molar-refractivity contribution in [1.29, 1.82) is 0 Å². The lowest BCUT2D eigenvalue weighted by Crippen LogP contribution is -2.60. The Morgan fingerprint density at radius 1 is 1.12 bits per heavy atom. The van der Waals surface area contributed by atoms with E-state index in [0.29, 0.717) is 6.67 Å². The second kappa shape index (κ2) is 6.38. The standard InChI is InChI=1S/C20H29N3O2/c1-22-15-21-18(24)19(22)11-13-23(14-12-19)17-9-5-6-10-20(17,25)16-7-3-2-4-8-16/h2-4,7-8,17,25H,5-6,9-15H2,1H3,(H,21,24). The average Bonchev–Trinajstić information content (AvgIpc) is 2.92. The summed E-state index contributed by atoms with van der Waals surface area (Å²) < 4.78 is 0. The fourth-order valence-corrected chi connectivity index (χ4v) is 5.18. The summed E-state index contributed by atoms with van der Waals surface area (Å²) in [5.74, 6) is 0.177. The maximum absolute atomic E-state index is 12.4. The Hall–Kier alpha value is -1.43. The third-order valence-corrected chi connectivity index (χ3v) is 6.81.